The second-order valence-electron chi connectivity index (χ2n) is 5.27. The second kappa shape index (κ2) is 5.56. The molecule has 9 nitrogen and oxygen atoms in total. The van der Waals surface area contributed by atoms with Crippen molar-refractivity contribution in [2.75, 3.05) is 10.6 Å². The Morgan fingerprint density at radius 3 is 2.88 bits per heavy atom. The van der Waals surface area contributed by atoms with Gasteiger partial charge in [-0.15, -0.1) is 5.10 Å². The molecule has 10 heteroatoms. The molecular formula is C15H9ClN6O3. The maximum Gasteiger partial charge on any atom is 0.288 e. The molecule has 124 valence electrons. The van der Waals surface area contributed by atoms with Crippen molar-refractivity contribution in [1.29, 1.82) is 0 Å². The third kappa shape index (κ3) is 2.46. The van der Waals surface area contributed by atoms with E-state index in [4.69, 9.17) is 11.6 Å². The average Bonchev–Trinajstić information content (AvgIpc) is 3.15. The van der Waals surface area contributed by atoms with E-state index in [1.165, 1.54) is 24.4 Å². The fourth-order valence-corrected chi connectivity index (χ4v) is 2.89. The Labute approximate surface area is 144 Å². The molecule has 0 fully saturated rings. The van der Waals surface area contributed by atoms with Crippen LogP contribution in [-0.2, 0) is 4.79 Å². The van der Waals surface area contributed by atoms with Gasteiger partial charge in [0.1, 0.15) is 10.5 Å². The molecule has 1 aromatic heterocycles. The summed E-state index contributed by atoms with van der Waals surface area (Å²) in [6.45, 7) is 0. The predicted octanol–water partition coefficient (Wildman–Crippen LogP) is 2.92. The zero-order chi connectivity index (χ0) is 17.6. The molecule has 0 unspecified atom stereocenters. The number of halogens is 1. The number of nitrogens with one attached hydrogen (secondary N) is 3. The van der Waals surface area contributed by atoms with Crippen LogP contribution in [0.3, 0.4) is 0 Å². The fraction of sp³-hybridized carbons (Fsp3) is 0. The van der Waals surface area contributed by atoms with Gasteiger partial charge in [-0.25, -0.2) is 0 Å². The lowest BCUT2D eigenvalue weighted by atomic mass is 10.1. The van der Waals surface area contributed by atoms with Crippen LogP contribution in [0.4, 0.5) is 17.1 Å². The summed E-state index contributed by atoms with van der Waals surface area (Å²) in [7, 11) is 0. The fourth-order valence-electron chi connectivity index (χ4n) is 2.64. The number of H-pyrrole nitrogens is 1. The van der Waals surface area contributed by atoms with Crippen LogP contribution in [0, 0.1) is 10.1 Å². The Hall–Kier alpha value is -3.46. The van der Waals surface area contributed by atoms with Crippen molar-refractivity contribution in [2.24, 2.45) is 0 Å². The minimum Gasteiger partial charge on any atom is -0.361 e. The molecule has 2 aromatic carbocycles. The lowest BCUT2D eigenvalue weighted by molar-refractivity contribution is -0.384. The second-order valence-corrected chi connectivity index (χ2v) is 5.68. The van der Waals surface area contributed by atoms with Crippen LogP contribution < -0.4 is 10.6 Å². The van der Waals surface area contributed by atoms with Gasteiger partial charge < -0.3 is 10.6 Å². The van der Waals surface area contributed by atoms with Gasteiger partial charge in [-0.2, -0.15) is 0 Å². The monoisotopic (exact) mass is 356 g/mol. The molecule has 3 aromatic rings. The standard InChI is InChI=1S/C15H9ClN6O3/c16-9-5-7(1-4-12(9)22(24)25)17-6-8-13-10(18-15(8)23)2-3-11-14(13)20-21-19-11/h1-6,17H,(H,18,23)(H,19,20,21)/b8-6+. The molecule has 3 N–H and O–H groups in total. The quantitative estimate of drug-likeness (QED) is 0.376. The number of aromatic amines is 1. The molecule has 0 radical (unpaired) electrons. The van der Waals surface area contributed by atoms with Crippen LogP contribution in [0.25, 0.3) is 16.6 Å². The number of hydrogen-bond donors (Lipinski definition) is 3. The first-order valence-corrected chi connectivity index (χ1v) is 7.48. The smallest absolute Gasteiger partial charge is 0.288 e. The first-order valence-electron chi connectivity index (χ1n) is 7.11. The van der Waals surface area contributed by atoms with Gasteiger partial charge in [0.15, 0.2) is 0 Å². The number of carbonyl (C=O) groups excluding carboxylic acids is 1. The molecule has 25 heavy (non-hydrogen) atoms. The number of nitro groups is 1. The van der Waals surface area contributed by atoms with E-state index in [1.54, 1.807) is 12.1 Å². The number of aromatic nitrogens is 3. The Bertz CT molecular complexity index is 1070. The van der Waals surface area contributed by atoms with Crippen molar-refractivity contribution in [2.45, 2.75) is 0 Å². The number of amides is 1. The van der Waals surface area contributed by atoms with Crippen LogP contribution in [0.2, 0.25) is 5.02 Å². The van der Waals surface area contributed by atoms with E-state index in [-0.39, 0.29) is 16.6 Å². The van der Waals surface area contributed by atoms with E-state index < -0.39 is 4.92 Å². The van der Waals surface area contributed by atoms with Crippen LogP contribution in [0.5, 0.6) is 0 Å². The van der Waals surface area contributed by atoms with E-state index in [2.05, 4.69) is 26.0 Å². The topological polar surface area (TPSA) is 126 Å². The van der Waals surface area contributed by atoms with Gasteiger partial charge in [-0.3, -0.25) is 20.0 Å². The van der Waals surface area contributed by atoms with Gasteiger partial charge in [0.05, 0.1) is 21.7 Å². The number of nitro benzene ring substituents is 1. The Morgan fingerprint density at radius 2 is 2.12 bits per heavy atom. The maximum atomic E-state index is 12.2. The van der Waals surface area contributed by atoms with Gasteiger partial charge in [0, 0.05) is 23.5 Å². The van der Waals surface area contributed by atoms with E-state index in [9.17, 15) is 14.9 Å². The van der Waals surface area contributed by atoms with Gasteiger partial charge >= 0.3 is 0 Å². The molecule has 1 amide bonds. The number of fused-ring (bicyclic) bond motifs is 3. The van der Waals surface area contributed by atoms with Crippen LogP contribution in [-0.4, -0.2) is 26.2 Å². The van der Waals surface area contributed by atoms with Gasteiger partial charge in [-0.05, 0) is 24.3 Å². The van der Waals surface area contributed by atoms with Crippen molar-refractivity contribution in [1.82, 2.24) is 15.4 Å². The van der Waals surface area contributed by atoms with Crippen LogP contribution in [0.15, 0.2) is 36.5 Å². The zero-order valence-electron chi connectivity index (χ0n) is 12.4. The summed E-state index contributed by atoms with van der Waals surface area (Å²) in [6, 6.07) is 7.73. The molecule has 1 aliphatic heterocycles. The number of rotatable bonds is 3. The molecule has 4 rings (SSSR count). The summed E-state index contributed by atoms with van der Waals surface area (Å²) < 4.78 is 0. The zero-order valence-corrected chi connectivity index (χ0v) is 13.2. The van der Waals surface area contributed by atoms with E-state index >= 15 is 0 Å². The lowest BCUT2D eigenvalue weighted by Gasteiger charge is -2.04. The van der Waals surface area contributed by atoms with E-state index in [1.807, 2.05) is 0 Å². The first-order chi connectivity index (χ1) is 12.0. The Morgan fingerprint density at radius 1 is 1.28 bits per heavy atom. The highest BCUT2D eigenvalue weighted by Gasteiger charge is 2.27. The average molecular weight is 357 g/mol. The largest absolute Gasteiger partial charge is 0.361 e. The first kappa shape index (κ1) is 15.1. The highest BCUT2D eigenvalue weighted by Crippen LogP contribution is 2.36. The Kier molecular flexibility index (Phi) is 3.36. The number of nitrogens with zero attached hydrogens (tertiary/aromatic N) is 3. The van der Waals surface area contributed by atoms with Crippen molar-refractivity contribution < 1.29 is 9.72 Å². The molecule has 0 atom stereocenters. The molecule has 1 aliphatic rings. The third-order valence-corrected chi connectivity index (χ3v) is 4.10. The van der Waals surface area contributed by atoms with Crippen LogP contribution in [0.1, 0.15) is 5.56 Å². The van der Waals surface area contributed by atoms with Crippen molar-refractivity contribution in [3.8, 4) is 0 Å². The van der Waals surface area contributed by atoms with E-state index in [0.717, 1.165) is 0 Å². The van der Waals surface area contributed by atoms with Gasteiger partial charge in [-0.1, -0.05) is 16.8 Å². The highest BCUT2D eigenvalue weighted by molar-refractivity contribution is 6.34. The Balaban J connectivity index is 1.71. The summed E-state index contributed by atoms with van der Waals surface area (Å²) in [5.41, 5.74) is 3.31. The molecule has 2 heterocycles. The summed E-state index contributed by atoms with van der Waals surface area (Å²) in [5, 5.41) is 27.0. The number of anilines is 2. The summed E-state index contributed by atoms with van der Waals surface area (Å²) >= 11 is 5.89. The predicted molar refractivity (Wildman–Crippen MR) is 92.2 cm³/mol. The molecule has 0 bridgehead atoms. The lowest BCUT2D eigenvalue weighted by Crippen LogP contribution is -2.05. The van der Waals surface area contributed by atoms with Crippen molar-refractivity contribution in [3.63, 3.8) is 0 Å². The van der Waals surface area contributed by atoms with Crippen molar-refractivity contribution in [3.05, 3.63) is 57.2 Å². The maximum absolute atomic E-state index is 12.2. The number of benzene rings is 2. The number of hydrogen-bond acceptors (Lipinski definition) is 6. The molecule has 0 spiro atoms. The highest BCUT2D eigenvalue weighted by atomic mass is 35.5. The summed E-state index contributed by atoms with van der Waals surface area (Å²) in [4.78, 5) is 22.5. The summed E-state index contributed by atoms with van der Waals surface area (Å²) in [5.74, 6) is -0.280. The van der Waals surface area contributed by atoms with Crippen molar-refractivity contribution >= 4 is 51.2 Å². The molecule has 0 saturated carbocycles. The normalized spacial score (nSPS) is 14.6. The minimum atomic E-state index is -0.562. The SMILES string of the molecule is O=C1Nc2ccc3nn[nH]c3c2/C1=C\Nc1ccc([N+](=O)[O-])c(Cl)c1. The van der Waals surface area contributed by atoms with E-state index in [0.29, 0.717) is 33.5 Å². The van der Waals surface area contributed by atoms with Crippen LogP contribution >= 0.6 is 11.6 Å². The molecule has 0 aliphatic carbocycles. The molecular weight excluding hydrogens is 348 g/mol. The van der Waals surface area contributed by atoms with Gasteiger partial charge in [0.25, 0.3) is 11.6 Å². The van der Waals surface area contributed by atoms with Gasteiger partial charge in [0.2, 0.25) is 0 Å². The number of carbonyl (C=O) groups is 1. The minimum absolute atomic E-state index is 0.00447. The summed E-state index contributed by atoms with van der Waals surface area (Å²) in [6.07, 6.45) is 1.51. The third-order valence-electron chi connectivity index (χ3n) is 3.79. The molecule has 0 saturated heterocycles.